The van der Waals surface area contributed by atoms with Crippen molar-refractivity contribution in [3.63, 3.8) is 0 Å². The first kappa shape index (κ1) is 22.4. The highest BCUT2D eigenvalue weighted by atomic mass is 32.2. The highest BCUT2D eigenvalue weighted by Crippen LogP contribution is 2.71. The second-order valence-electron chi connectivity index (χ2n) is 9.87. The topological polar surface area (TPSA) is 98.7 Å². The number of aliphatic hydroxyl groups excluding tert-OH is 1. The minimum atomic E-state index is -0.610. The molecule has 3 saturated heterocycles. The van der Waals surface area contributed by atoms with Crippen molar-refractivity contribution in [2.45, 2.75) is 81.4 Å². The van der Waals surface area contributed by atoms with E-state index in [2.05, 4.69) is 17.6 Å². The first-order valence-corrected chi connectivity index (χ1v) is 11.5. The number of aliphatic hydroxyl groups is 1. The number of nitrogens with zero attached hydrogens (tertiary/aromatic N) is 1. The van der Waals surface area contributed by atoms with E-state index in [0.29, 0.717) is 19.5 Å². The van der Waals surface area contributed by atoms with Crippen LogP contribution >= 0.6 is 11.8 Å². The van der Waals surface area contributed by atoms with Gasteiger partial charge in [-0.25, -0.2) is 0 Å². The van der Waals surface area contributed by atoms with Gasteiger partial charge in [0.1, 0.15) is 6.04 Å². The second-order valence-corrected chi connectivity index (χ2v) is 11.8. The van der Waals surface area contributed by atoms with Gasteiger partial charge in [-0.15, -0.1) is 11.8 Å². The van der Waals surface area contributed by atoms with E-state index in [1.165, 1.54) is 0 Å². The summed E-state index contributed by atoms with van der Waals surface area (Å²) in [5.74, 6) is -1.25. The van der Waals surface area contributed by atoms with Crippen molar-refractivity contribution in [2.75, 3.05) is 19.7 Å². The molecule has 3 heterocycles. The van der Waals surface area contributed by atoms with Gasteiger partial charge in [0, 0.05) is 30.0 Å². The number of nitrogens with one attached hydrogen (secondary N) is 2. The molecule has 3 amide bonds. The van der Waals surface area contributed by atoms with Crippen molar-refractivity contribution in [2.24, 2.45) is 11.8 Å². The van der Waals surface area contributed by atoms with Crippen molar-refractivity contribution in [3.8, 4) is 0 Å². The average Bonchev–Trinajstić information content (AvgIpc) is 3.17. The van der Waals surface area contributed by atoms with Crippen LogP contribution < -0.4 is 10.6 Å². The Hall–Kier alpha value is -1.28. The average molecular weight is 426 g/mol. The van der Waals surface area contributed by atoms with Crippen molar-refractivity contribution >= 4 is 29.5 Å². The molecule has 164 valence electrons. The number of thioether (sulfide) groups is 1. The molecule has 0 aliphatic carbocycles. The highest BCUT2D eigenvalue weighted by molar-refractivity contribution is 8.02. The van der Waals surface area contributed by atoms with Gasteiger partial charge in [0.15, 0.2) is 0 Å². The number of fused-ring (bicyclic) bond motifs is 1. The van der Waals surface area contributed by atoms with Crippen molar-refractivity contribution in [1.29, 1.82) is 0 Å². The van der Waals surface area contributed by atoms with Gasteiger partial charge in [0.05, 0.1) is 16.6 Å². The van der Waals surface area contributed by atoms with E-state index in [4.69, 9.17) is 0 Å². The van der Waals surface area contributed by atoms with Crippen molar-refractivity contribution in [1.82, 2.24) is 15.5 Å². The van der Waals surface area contributed by atoms with E-state index < -0.39 is 28.2 Å². The lowest BCUT2D eigenvalue weighted by atomic mass is 9.66. The largest absolute Gasteiger partial charge is 0.396 e. The minimum absolute atomic E-state index is 0.0413. The molecule has 3 rings (SSSR count). The summed E-state index contributed by atoms with van der Waals surface area (Å²) < 4.78 is -0.910. The van der Waals surface area contributed by atoms with Gasteiger partial charge in [-0.2, -0.15) is 0 Å². The maximum absolute atomic E-state index is 13.6. The molecule has 0 aromatic heterocycles. The lowest BCUT2D eigenvalue weighted by Gasteiger charge is -2.36. The van der Waals surface area contributed by atoms with Gasteiger partial charge in [-0.3, -0.25) is 14.4 Å². The smallest absolute Gasteiger partial charge is 0.244 e. The number of hydrogen-bond acceptors (Lipinski definition) is 5. The molecule has 2 bridgehead atoms. The third-order valence-corrected chi connectivity index (χ3v) is 8.40. The molecule has 29 heavy (non-hydrogen) atoms. The first-order valence-electron chi connectivity index (χ1n) is 10.7. The number of carbonyl (C=O) groups excluding carboxylic acids is 3. The number of likely N-dealkylation sites (tertiary alicyclic amines) is 1. The molecule has 7 nitrogen and oxygen atoms in total. The summed E-state index contributed by atoms with van der Waals surface area (Å²) in [6.45, 7) is 10.7. The van der Waals surface area contributed by atoms with E-state index in [-0.39, 0.29) is 29.1 Å². The monoisotopic (exact) mass is 425 g/mol. The zero-order valence-corrected chi connectivity index (χ0v) is 19.0. The Labute approximate surface area is 177 Å². The Morgan fingerprint density at radius 3 is 2.55 bits per heavy atom. The van der Waals surface area contributed by atoms with Gasteiger partial charge < -0.3 is 20.6 Å². The molecule has 0 radical (unpaired) electrons. The van der Waals surface area contributed by atoms with Gasteiger partial charge in [-0.05, 0) is 53.4 Å². The Morgan fingerprint density at radius 1 is 1.28 bits per heavy atom. The minimum Gasteiger partial charge on any atom is -0.396 e. The molecule has 3 aliphatic heterocycles. The Balaban J connectivity index is 2.00. The van der Waals surface area contributed by atoms with Crippen LogP contribution in [0.3, 0.4) is 0 Å². The van der Waals surface area contributed by atoms with Crippen LogP contribution in [0.5, 0.6) is 0 Å². The molecule has 0 aromatic carbocycles. The third kappa shape index (κ3) is 3.67. The first-order chi connectivity index (χ1) is 13.5. The Kier molecular flexibility index (Phi) is 6.00. The van der Waals surface area contributed by atoms with Crippen LogP contribution in [-0.2, 0) is 14.4 Å². The third-order valence-electron chi connectivity index (χ3n) is 6.41. The SMILES string of the molecule is CCCNC(=O)[C@H]1[C@H]2C(=O)N(CCCO)C(C(=O)NC(C)(C)C)C23CC[C@]1(C)S3. The standard InChI is InChI=1S/C21H35N3O4S/c1-6-10-22-16(26)13-14-18(28)24(11-7-12-25)15(17(27)23-19(2,3)4)21(14)9-8-20(13,5)29-21/h13-15,25H,6-12H2,1-5H3,(H,22,26)(H,23,27)/t13-,14+,15?,20+,21?/m1/s1. The summed E-state index contributed by atoms with van der Waals surface area (Å²) in [5.41, 5.74) is -0.416. The molecule has 8 heteroatoms. The van der Waals surface area contributed by atoms with Gasteiger partial charge in [0.2, 0.25) is 17.7 Å². The molecule has 2 unspecified atom stereocenters. The van der Waals surface area contributed by atoms with E-state index in [1.807, 2.05) is 27.7 Å². The number of carbonyl (C=O) groups is 3. The summed E-state index contributed by atoms with van der Waals surface area (Å²) in [7, 11) is 0. The summed E-state index contributed by atoms with van der Waals surface area (Å²) in [5, 5.41) is 15.4. The summed E-state index contributed by atoms with van der Waals surface area (Å²) in [6, 6.07) is -0.610. The fraction of sp³-hybridized carbons (Fsp3) is 0.857. The van der Waals surface area contributed by atoms with E-state index in [9.17, 15) is 19.5 Å². The van der Waals surface area contributed by atoms with Gasteiger partial charge in [0.25, 0.3) is 0 Å². The molecule has 3 aliphatic rings. The lowest BCUT2D eigenvalue weighted by molar-refractivity contribution is -0.141. The maximum atomic E-state index is 13.6. The summed E-state index contributed by atoms with van der Waals surface area (Å²) in [6.07, 6.45) is 2.83. The fourth-order valence-corrected chi connectivity index (χ4v) is 7.76. The maximum Gasteiger partial charge on any atom is 0.244 e. The Morgan fingerprint density at radius 2 is 1.97 bits per heavy atom. The number of hydrogen-bond donors (Lipinski definition) is 3. The van der Waals surface area contributed by atoms with Gasteiger partial charge in [-0.1, -0.05) is 6.92 Å². The zero-order valence-electron chi connectivity index (χ0n) is 18.2. The van der Waals surface area contributed by atoms with E-state index >= 15 is 0 Å². The van der Waals surface area contributed by atoms with Crippen molar-refractivity contribution < 1.29 is 19.5 Å². The van der Waals surface area contributed by atoms with E-state index in [1.54, 1.807) is 16.7 Å². The highest BCUT2D eigenvalue weighted by Gasteiger charge is 2.77. The van der Waals surface area contributed by atoms with Gasteiger partial charge >= 0.3 is 0 Å². The Bertz CT molecular complexity index is 694. The molecule has 3 fully saturated rings. The summed E-state index contributed by atoms with van der Waals surface area (Å²) in [4.78, 5) is 41.6. The normalized spacial score (nSPS) is 35.7. The number of amides is 3. The zero-order chi connectivity index (χ0) is 21.6. The van der Waals surface area contributed by atoms with Crippen LogP contribution in [-0.4, -0.2) is 68.5 Å². The van der Waals surface area contributed by atoms with Crippen LogP contribution in [0, 0.1) is 11.8 Å². The molecular formula is C21H35N3O4S. The van der Waals surface area contributed by atoms with Crippen LogP contribution in [0.4, 0.5) is 0 Å². The molecule has 5 atom stereocenters. The molecule has 0 aromatic rings. The lowest BCUT2D eigenvalue weighted by Crippen LogP contribution is -2.57. The molecule has 1 spiro atoms. The van der Waals surface area contributed by atoms with Crippen molar-refractivity contribution in [3.05, 3.63) is 0 Å². The van der Waals surface area contributed by atoms with Crippen LogP contribution in [0.1, 0.15) is 60.3 Å². The fourth-order valence-electron chi connectivity index (χ4n) is 5.40. The second kappa shape index (κ2) is 7.76. The van der Waals surface area contributed by atoms with Crippen LogP contribution in [0.15, 0.2) is 0 Å². The number of rotatable bonds is 7. The quantitative estimate of drug-likeness (QED) is 0.571. The molecule has 3 N–H and O–H groups in total. The summed E-state index contributed by atoms with van der Waals surface area (Å²) >= 11 is 1.68. The molecule has 0 saturated carbocycles. The van der Waals surface area contributed by atoms with Crippen LogP contribution in [0.25, 0.3) is 0 Å². The van der Waals surface area contributed by atoms with Crippen LogP contribution in [0.2, 0.25) is 0 Å². The van der Waals surface area contributed by atoms with E-state index in [0.717, 1.165) is 19.3 Å². The predicted octanol–water partition coefficient (Wildman–Crippen LogP) is 1.29. The predicted molar refractivity (Wildman–Crippen MR) is 113 cm³/mol. The molecular weight excluding hydrogens is 390 g/mol.